The van der Waals surface area contributed by atoms with Crippen LogP contribution in [-0.4, -0.2) is 44.3 Å². The number of nitrogens with one attached hydrogen (secondary N) is 1. The van der Waals surface area contributed by atoms with Gasteiger partial charge in [0.2, 0.25) is 5.91 Å². The van der Waals surface area contributed by atoms with E-state index in [1.807, 2.05) is 17.0 Å². The molecule has 10 nitrogen and oxygen atoms in total. The second-order valence-electron chi connectivity index (χ2n) is 8.07. The van der Waals surface area contributed by atoms with Crippen LogP contribution in [0.3, 0.4) is 0 Å². The van der Waals surface area contributed by atoms with Crippen molar-refractivity contribution in [2.45, 2.75) is 45.8 Å². The van der Waals surface area contributed by atoms with E-state index < -0.39 is 5.91 Å². The van der Waals surface area contributed by atoms with E-state index in [0.29, 0.717) is 13.1 Å². The first-order valence-electron chi connectivity index (χ1n) is 11.0. The first-order valence-corrected chi connectivity index (χ1v) is 11.3. The van der Waals surface area contributed by atoms with E-state index in [4.69, 9.17) is 23.1 Å². The largest absolute Gasteiger partial charge is 0.382 e. The number of nitrogen functional groups attached to an aromatic ring is 2. The second kappa shape index (κ2) is 9.22. The number of nitrogens with two attached hydrogens (primary N) is 2. The van der Waals surface area contributed by atoms with E-state index in [0.717, 1.165) is 36.2 Å². The normalized spacial score (nSPS) is 14.6. The fourth-order valence-electron chi connectivity index (χ4n) is 4.54. The van der Waals surface area contributed by atoms with Crippen LogP contribution in [-0.2, 0) is 17.9 Å². The summed E-state index contributed by atoms with van der Waals surface area (Å²) in [6.45, 7) is 6.10. The first kappa shape index (κ1) is 22.8. The summed E-state index contributed by atoms with van der Waals surface area (Å²) in [6.07, 6.45) is 1.68. The number of amides is 2. The van der Waals surface area contributed by atoms with Gasteiger partial charge in [0.25, 0.3) is 11.7 Å². The van der Waals surface area contributed by atoms with E-state index in [2.05, 4.69) is 43.5 Å². The van der Waals surface area contributed by atoms with Crippen molar-refractivity contribution in [2.24, 2.45) is 0 Å². The van der Waals surface area contributed by atoms with Crippen molar-refractivity contribution in [3.05, 3.63) is 40.9 Å². The van der Waals surface area contributed by atoms with Crippen LogP contribution in [0.1, 0.15) is 49.0 Å². The summed E-state index contributed by atoms with van der Waals surface area (Å²) in [5.74, 6) is 0.485. The third-order valence-electron chi connectivity index (χ3n) is 6.14. The third kappa shape index (κ3) is 4.30. The molecule has 0 unspecified atom stereocenters. The number of imidazole rings is 1. The van der Waals surface area contributed by atoms with Crippen molar-refractivity contribution in [1.29, 1.82) is 0 Å². The summed E-state index contributed by atoms with van der Waals surface area (Å²) < 4.78 is 4.49. The molecular weight excluding hydrogens is 444 g/mol. The maximum atomic E-state index is 12.9. The molecule has 1 aliphatic heterocycles. The Morgan fingerprint density at radius 2 is 1.88 bits per heavy atom. The van der Waals surface area contributed by atoms with Gasteiger partial charge in [0.05, 0.1) is 6.54 Å². The van der Waals surface area contributed by atoms with Gasteiger partial charge in [0.15, 0.2) is 33.5 Å². The maximum absolute atomic E-state index is 12.9. The molecule has 3 aromatic rings. The number of hydrogen-bond donors (Lipinski definition) is 3. The summed E-state index contributed by atoms with van der Waals surface area (Å²) in [7, 11) is 0. The molecule has 33 heavy (non-hydrogen) atoms. The number of hydrogen-bond acceptors (Lipinski definition) is 6. The molecule has 1 aliphatic rings. The number of carbonyl (C=O) groups is 2. The Morgan fingerprint density at radius 3 is 2.55 bits per heavy atom. The van der Waals surface area contributed by atoms with Gasteiger partial charge in [0.1, 0.15) is 12.6 Å². The summed E-state index contributed by atoms with van der Waals surface area (Å²) in [4.78, 5) is 34.4. The summed E-state index contributed by atoms with van der Waals surface area (Å²) in [5, 5.41) is 2.85. The number of nitrogens with zero attached hydrogens (tertiary/aromatic N) is 5. The van der Waals surface area contributed by atoms with Gasteiger partial charge in [-0.1, -0.05) is 23.7 Å². The zero-order valence-electron chi connectivity index (χ0n) is 18.7. The molecule has 2 amide bonds. The summed E-state index contributed by atoms with van der Waals surface area (Å²) in [6, 6.07) is 8.40. The topological polar surface area (TPSA) is 136 Å². The Balaban J connectivity index is 1.67. The van der Waals surface area contributed by atoms with Crippen molar-refractivity contribution >= 4 is 46.1 Å². The van der Waals surface area contributed by atoms with Crippen molar-refractivity contribution in [2.75, 3.05) is 24.6 Å². The number of likely N-dealkylation sites (tertiary alicyclic amines) is 1. The average molecular weight is 472 g/mol. The van der Waals surface area contributed by atoms with E-state index in [1.54, 1.807) is 6.92 Å². The molecule has 1 fully saturated rings. The molecule has 3 heterocycles. The molecule has 11 heteroatoms. The molecule has 0 radical (unpaired) electrons. The van der Waals surface area contributed by atoms with E-state index >= 15 is 0 Å². The number of aromatic nitrogens is 4. The average Bonchev–Trinajstić information content (AvgIpc) is 3.13. The number of para-hydroxylation sites is 2. The van der Waals surface area contributed by atoms with E-state index in [1.165, 1.54) is 0 Å². The van der Waals surface area contributed by atoms with Crippen LogP contribution in [0.4, 0.5) is 11.6 Å². The molecule has 5 N–H and O–H groups in total. The maximum Gasteiger partial charge on any atom is 0.277 e. The lowest BCUT2D eigenvalue weighted by Gasteiger charge is -2.30. The molecule has 0 saturated carbocycles. The van der Waals surface area contributed by atoms with Crippen LogP contribution in [0.15, 0.2) is 24.3 Å². The predicted molar refractivity (Wildman–Crippen MR) is 125 cm³/mol. The molecule has 4 rings (SSSR count). The van der Waals surface area contributed by atoms with Gasteiger partial charge in [-0.25, -0.2) is 19.1 Å². The van der Waals surface area contributed by atoms with Crippen LogP contribution < -0.4 is 21.4 Å². The molecule has 2 aromatic heterocycles. The number of piperidine rings is 1. The molecule has 0 bridgehead atoms. The van der Waals surface area contributed by atoms with Crippen LogP contribution in [0.25, 0.3) is 11.0 Å². The second-order valence-corrected chi connectivity index (χ2v) is 8.43. The van der Waals surface area contributed by atoms with Gasteiger partial charge >= 0.3 is 0 Å². The SMILES string of the molecule is CC[n+]1c(CNC(=O)c2nc(Cl)c(N)nc2N)n(C2CCN(C(C)=O)CC2)c2ccccc21. The highest BCUT2D eigenvalue weighted by molar-refractivity contribution is 6.31. The molecule has 0 spiro atoms. The van der Waals surface area contributed by atoms with Crippen molar-refractivity contribution < 1.29 is 14.2 Å². The Bertz CT molecular complexity index is 1220. The lowest BCUT2D eigenvalue weighted by molar-refractivity contribution is -0.676. The Morgan fingerprint density at radius 1 is 1.18 bits per heavy atom. The summed E-state index contributed by atoms with van der Waals surface area (Å²) in [5.41, 5.74) is 13.6. The standard InChI is InChI=1S/C22H27ClN8O2/c1-3-30-15-6-4-5-7-16(15)31(14-8-10-29(11-9-14)13(2)32)17(30)12-26-22(33)18-20(24)28-21(25)19(23)27-18/h4-7,14H,3,8-12H2,1-2H3,(H4-,24,25,26,28,33)/p+1. The summed E-state index contributed by atoms with van der Waals surface area (Å²) >= 11 is 5.94. The number of carbonyl (C=O) groups excluding carboxylic acids is 2. The zero-order valence-corrected chi connectivity index (χ0v) is 19.5. The fraction of sp³-hybridized carbons (Fsp3) is 0.409. The molecule has 0 aliphatic carbocycles. The lowest BCUT2D eigenvalue weighted by Crippen LogP contribution is -2.42. The molecule has 1 aromatic carbocycles. The number of rotatable bonds is 5. The number of anilines is 2. The van der Waals surface area contributed by atoms with Crippen LogP contribution in [0, 0.1) is 0 Å². The van der Waals surface area contributed by atoms with Gasteiger partial charge in [-0.3, -0.25) is 9.59 Å². The minimum atomic E-state index is -0.479. The Labute approximate surface area is 196 Å². The van der Waals surface area contributed by atoms with Crippen LogP contribution in [0.5, 0.6) is 0 Å². The van der Waals surface area contributed by atoms with Crippen molar-refractivity contribution in [3.8, 4) is 0 Å². The highest BCUT2D eigenvalue weighted by Crippen LogP contribution is 2.28. The van der Waals surface area contributed by atoms with Crippen LogP contribution in [0.2, 0.25) is 5.15 Å². The third-order valence-corrected chi connectivity index (χ3v) is 6.42. The molecule has 0 atom stereocenters. The number of aryl methyl sites for hydroxylation is 1. The van der Waals surface area contributed by atoms with Gasteiger partial charge < -0.3 is 21.7 Å². The highest BCUT2D eigenvalue weighted by Gasteiger charge is 2.33. The van der Waals surface area contributed by atoms with Crippen molar-refractivity contribution in [3.63, 3.8) is 0 Å². The van der Waals surface area contributed by atoms with Crippen molar-refractivity contribution in [1.82, 2.24) is 24.8 Å². The smallest absolute Gasteiger partial charge is 0.277 e. The van der Waals surface area contributed by atoms with Gasteiger partial charge in [-0.15, -0.1) is 0 Å². The van der Waals surface area contributed by atoms with E-state index in [9.17, 15) is 9.59 Å². The zero-order chi connectivity index (χ0) is 23.7. The number of fused-ring (bicyclic) bond motifs is 1. The Kier molecular flexibility index (Phi) is 6.37. The molecule has 1 saturated heterocycles. The van der Waals surface area contributed by atoms with Gasteiger partial charge in [-0.2, -0.15) is 0 Å². The molecular formula is C22H28ClN8O2+. The highest BCUT2D eigenvalue weighted by atomic mass is 35.5. The number of benzene rings is 1. The minimum Gasteiger partial charge on any atom is -0.382 e. The monoisotopic (exact) mass is 471 g/mol. The fourth-order valence-corrected chi connectivity index (χ4v) is 4.66. The van der Waals surface area contributed by atoms with Crippen LogP contribution >= 0.6 is 11.6 Å². The molecule has 174 valence electrons. The van der Waals surface area contributed by atoms with Gasteiger partial charge in [-0.05, 0) is 19.1 Å². The first-order chi connectivity index (χ1) is 15.8. The minimum absolute atomic E-state index is 0.0217. The van der Waals surface area contributed by atoms with E-state index in [-0.39, 0.29) is 41.0 Å². The Hall–Kier alpha value is -3.40. The quantitative estimate of drug-likeness (QED) is 0.484. The lowest BCUT2D eigenvalue weighted by atomic mass is 10.0. The number of halogens is 1. The van der Waals surface area contributed by atoms with Gasteiger partial charge in [0, 0.05) is 32.9 Å². The predicted octanol–water partition coefficient (Wildman–Crippen LogP) is 1.67.